The smallest absolute Gasteiger partial charge is 0.231 e. The normalized spacial score (nSPS) is 18.2. The standard InChI is InChI=1S/C14H22N2O2S/c1-16(9-12-3-8-19-10-12)13(17)14(11-18-2)4-6-15-7-5-14/h3,8,10,15H,4-7,9,11H2,1-2H3. The van der Waals surface area contributed by atoms with E-state index in [2.05, 4.69) is 16.8 Å². The second kappa shape index (κ2) is 6.50. The molecule has 19 heavy (non-hydrogen) atoms. The van der Waals surface area contributed by atoms with Crippen molar-refractivity contribution in [3.8, 4) is 0 Å². The molecule has 1 N–H and O–H groups in total. The lowest BCUT2D eigenvalue weighted by Crippen LogP contribution is -2.50. The van der Waals surface area contributed by atoms with Crippen LogP contribution in [0, 0.1) is 5.41 Å². The zero-order chi connectivity index (χ0) is 13.7. The van der Waals surface area contributed by atoms with Crippen LogP contribution in [-0.4, -0.2) is 44.7 Å². The molecular weight excluding hydrogens is 260 g/mol. The van der Waals surface area contributed by atoms with Crippen molar-refractivity contribution in [1.82, 2.24) is 10.2 Å². The Kier molecular flexibility index (Phi) is 4.96. The topological polar surface area (TPSA) is 41.6 Å². The number of piperidine rings is 1. The van der Waals surface area contributed by atoms with E-state index in [1.54, 1.807) is 18.4 Å². The van der Waals surface area contributed by atoms with Crippen molar-refractivity contribution in [2.45, 2.75) is 19.4 Å². The first-order chi connectivity index (χ1) is 9.18. The van der Waals surface area contributed by atoms with Crippen LogP contribution in [0.1, 0.15) is 18.4 Å². The summed E-state index contributed by atoms with van der Waals surface area (Å²) in [6.45, 7) is 2.98. The summed E-state index contributed by atoms with van der Waals surface area (Å²) in [5.74, 6) is 0.210. The molecule has 4 nitrogen and oxygen atoms in total. The molecule has 5 heteroatoms. The van der Waals surface area contributed by atoms with Gasteiger partial charge >= 0.3 is 0 Å². The van der Waals surface area contributed by atoms with E-state index in [1.807, 2.05) is 17.3 Å². The van der Waals surface area contributed by atoms with Crippen LogP contribution < -0.4 is 5.32 Å². The fraction of sp³-hybridized carbons (Fsp3) is 0.643. The molecule has 1 amide bonds. The minimum Gasteiger partial charge on any atom is -0.384 e. The van der Waals surface area contributed by atoms with E-state index in [1.165, 1.54) is 5.56 Å². The van der Waals surface area contributed by atoms with E-state index < -0.39 is 0 Å². The first kappa shape index (κ1) is 14.5. The lowest BCUT2D eigenvalue weighted by molar-refractivity contribution is -0.146. The van der Waals surface area contributed by atoms with Crippen LogP contribution in [-0.2, 0) is 16.1 Å². The van der Waals surface area contributed by atoms with Crippen LogP contribution in [0.5, 0.6) is 0 Å². The number of thiophene rings is 1. The molecule has 1 fully saturated rings. The van der Waals surface area contributed by atoms with Crippen LogP contribution in [0.4, 0.5) is 0 Å². The Morgan fingerprint density at radius 2 is 2.26 bits per heavy atom. The molecule has 1 saturated heterocycles. The van der Waals surface area contributed by atoms with Crippen molar-refractivity contribution in [3.63, 3.8) is 0 Å². The SMILES string of the molecule is COCC1(C(=O)N(C)Cc2ccsc2)CCNCC1. The predicted octanol–water partition coefficient (Wildman–Crippen LogP) is 1.72. The summed E-state index contributed by atoms with van der Waals surface area (Å²) in [6.07, 6.45) is 1.71. The average molecular weight is 282 g/mol. The molecule has 1 aromatic rings. The van der Waals surface area contributed by atoms with Crippen LogP contribution in [0.15, 0.2) is 16.8 Å². The van der Waals surface area contributed by atoms with Gasteiger partial charge in [-0.05, 0) is 48.3 Å². The molecule has 1 aliphatic rings. The molecule has 2 rings (SSSR count). The summed E-state index contributed by atoms with van der Waals surface area (Å²) in [6, 6.07) is 2.07. The average Bonchev–Trinajstić information content (AvgIpc) is 2.92. The van der Waals surface area contributed by atoms with Gasteiger partial charge in [-0.2, -0.15) is 11.3 Å². The van der Waals surface area contributed by atoms with Gasteiger partial charge in [0, 0.05) is 20.7 Å². The Hall–Kier alpha value is -0.910. The van der Waals surface area contributed by atoms with Gasteiger partial charge in [0.2, 0.25) is 5.91 Å². The maximum atomic E-state index is 12.8. The number of carbonyl (C=O) groups is 1. The number of amides is 1. The quantitative estimate of drug-likeness (QED) is 0.894. The predicted molar refractivity (Wildman–Crippen MR) is 77.2 cm³/mol. The number of hydrogen-bond acceptors (Lipinski definition) is 4. The Labute approximate surface area is 118 Å². The first-order valence-corrected chi connectivity index (χ1v) is 7.58. The number of rotatable bonds is 5. The number of carbonyl (C=O) groups excluding carboxylic acids is 1. The molecule has 0 saturated carbocycles. The molecule has 0 aromatic carbocycles. The van der Waals surface area contributed by atoms with Gasteiger partial charge in [0.15, 0.2) is 0 Å². The van der Waals surface area contributed by atoms with Gasteiger partial charge in [0.1, 0.15) is 0 Å². The van der Waals surface area contributed by atoms with E-state index in [0.29, 0.717) is 13.2 Å². The van der Waals surface area contributed by atoms with Crippen molar-refractivity contribution in [2.24, 2.45) is 5.41 Å². The second-order valence-electron chi connectivity index (χ2n) is 5.26. The maximum absolute atomic E-state index is 12.8. The molecule has 0 radical (unpaired) electrons. The van der Waals surface area contributed by atoms with Crippen LogP contribution >= 0.6 is 11.3 Å². The molecule has 0 aliphatic carbocycles. The summed E-state index contributed by atoms with van der Waals surface area (Å²) in [5.41, 5.74) is 0.854. The molecular formula is C14H22N2O2S. The highest BCUT2D eigenvalue weighted by Gasteiger charge is 2.41. The van der Waals surface area contributed by atoms with Gasteiger partial charge in [-0.3, -0.25) is 4.79 Å². The van der Waals surface area contributed by atoms with Gasteiger partial charge in [0.25, 0.3) is 0 Å². The largest absolute Gasteiger partial charge is 0.384 e. The van der Waals surface area contributed by atoms with E-state index >= 15 is 0 Å². The molecule has 0 spiro atoms. The van der Waals surface area contributed by atoms with Crippen molar-refractivity contribution in [2.75, 3.05) is 33.9 Å². The monoisotopic (exact) mass is 282 g/mol. The van der Waals surface area contributed by atoms with Gasteiger partial charge < -0.3 is 15.0 Å². The Morgan fingerprint density at radius 3 is 2.84 bits per heavy atom. The fourth-order valence-corrected chi connectivity index (χ4v) is 3.39. The maximum Gasteiger partial charge on any atom is 0.231 e. The van der Waals surface area contributed by atoms with Crippen LogP contribution in [0.2, 0.25) is 0 Å². The van der Waals surface area contributed by atoms with E-state index in [0.717, 1.165) is 25.9 Å². The van der Waals surface area contributed by atoms with Crippen molar-refractivity contribution >= 4 is 17.2 Å². The highest BCUT2D eigenvalue weighted by molar-refractivity contribution is 7.07. The summed E-state index contributed by atoms with van der Waals surface area (Å²) in [7, 11) is 3.56. The lowest BCUT2D eigenvalue weighted by Gasteiger charge is -2.38. The fourth-order valence-electron chi connectivity index (χ4n) is 2.73. The zero-order valence-electron chi connectivity index (χ0n) is 11.6. The third-order valence-electron chi connectivity index (χ3n) is 3.78. The van der Waals surface area contributed by atoms with Gasteiger partial charge in [-0.15, -0.1) is 0 Å². The summed E-state index contributed by atoms with van der Waals surface area (Å²) in [4.78, 5) is 14.6. The minimum atomic E-state index is -0.342. The minimum absolute atomic E-state index is 0.210. The van der Waals surface area contributed by atoms with E-state index in [4.69, 9.17) is 4.74 Å². The second-order valence-corrected chi connectivity index (χ2v) is 6.04. The Balaban J connectivity index is 2.05. The van der Waals surface area contributed by atoms with Crippen LogP contribution in [0.25, 0.3) is 0 Å². The molecule has 0 unspecified atom stereocenters. The lowest BCUT2D eigenvalue weighted by atomic mass is 9.78. The first-order valence-electron chi connectivity index (χ1n) is 6.64. The summed E-state index contributed by atoms with van der Waals surface area (Å²) >= 11 is 1.67. The third-order valence-corrected chi connectivity index (χ3v) is 4.51. The molecule has 106 valence electrons. The molecule has 1 aromatic heterocycles. The Bertz CT molecular complexity index is 394. The third kappa shape index (κ3) is 3.35. The van der Waals surface area contributed by atoms with Crippen molar-refractivity contribution < 1.29 is 9.53 Å². The van der Waals surface area contributed by atoms with E-state index in [-0.39, 0.29) is 11.3 Å². The summed E-state index contributed by atoms with van der Waals surface area (Å²) in [5, 5.41) is 7.45. The van der Waals surface area contributed by atoms with Crippen LogP contribution in [0.3, 0.4) is 0 Å². The van der Waals surface area contributed by atoms with Crippen molar-refractivity contribution in [3.05, 3.63) is 22.4 Å². The number of ether oxygens (including phenoxy) is 1. The number of methoxy groups -OCH3 is 1. The van der Waals surface area contributed by atoms with Gasteiger partial charge in [-0.1, -0.05) is 0 Å². The number of nitrogens with zero attached hydrogens (tertiary/aromatic N) is 1. The van der Waals surface area contributed by atoms with Gasteiger partial charge in [-0.25, -0.2) is 0 Å². The highest BCUT2D eigenvalue weighted by Crippen LogP contribution is 2.31. The Morgan fingerprint density at radius 1 is 1.53 bits per heavy atom. The van der Waals surface area contributed by atoms with E-state index in [9.17, 15) is 4.79 Å². The molecule has 2 heterocycles. The van der Waals surface area contributed by atoms with Crippen molar-refractivity contribution in [1.29, 1.82) is 0 Å². The molecule has 1 aliphatic heterocycles. The van der Waals surface area contributed by atoms with Gasteiger partial charge in [0.05, 0.1) is 12.0 Å². The summed E-state index contributed by atoms with van der Waals surface area (Å²) < 4.78 is 5.32. The molecule has 0 bridgehead atoms. The zero-order valence-corrected chi connectivity index (χ0v) is 12.5. The highest BCUT2D eigenvalue weighted by atomic mass is 32.1. The number of nitrogens with one attached hydrogen (secondary N) is 1. The molecule has 0 atom stereocenters. The number of hydrogen-bond donors (Lipinski definition) is 1.